The molecule has 3 aliphatic rings. The summed E-state index contributed by atoms with van der Waals surface area (Å²) in [6, 6.07) is 0. The van der Waals surface area contributed by atoms with Crippen molar-refractivity contribution < 1.29 is 19.4 Å². The molecule has 0 radical (unpaired) electrons. The van der Waals surface area contributed by atoms with Crippen molar-refractivity contribution in [2.45, 2.75) is 52.1 Å². The number of amides is 2. The van der Waals surface area contributed by atoms with Crippen molar-refractivity contribution in [1.82, 2.24) is 25.2 Å². The second kappa shape index (κ2) is 11.3. The van der Waals surface area contributed by atoms with Crippen LogP contribution >= 0.6 is 11.3 Å². The smallest absolute Gasteiger partial charge is 0.277 e. The summed E-state index contributed by atoms with van der Waals surface area (Å²) in [5.74, 6) is -0.702. The number of aromatic nitrogens is 3. The topological polar surface area (TPSA) is 130 Å². The van der Waals surface area contributed by atoms with Gasteiger partial charge in [-0.15, -0.1) is 11.3 Å². The van der Waals surface area contributed by atoms with Crippen molar-refractivity contribution in [1.29, 1.82) is 0 Å². The summed E-state index contributed by atoms with van der Waals surface area (Å²) in [5, 5.41) is 18.2. The Hall–Kier alpha value is -2.47. The van der Waals surface area contributed by atoms with Gasteiger partial charge in [0.15, 0.2) is 5.13 Å². The number of hydrogen-bond acceptors (Lipinski definition) is 9. The molecule has 3 N–H and O–H groups in total. The molecular formula is C27H38N6O4S. The van der Waals surface area contributed by atoms with Crippen LogP contribution in [0.1, 0.15) is 60.6 Å². The van der Waals surface area contributed by atoms with Crippen molar-refractivity contribution in [3.05, 3.63) is 34.9 Å². The number of aliphatic hydroxyl groups is 1. The lowest BCUT2D eigenvalue weighted by molar-refractivity contribution is -0.134. The predicted octanol–water partition coefficient (Wildman–Crippen LogP) is 2.32. The number of carbonyl (C=O) groups is 2. The highest BCUT2D eigenvalue weighted by atomic mass is 32.1. The number of carbonyl (C=O) groups excluding carboxylic acids is 2. The molecule has 38 heavy (non-hydrogen) atoms. The minimum atomic E-state index is -0.601. The van der Waals surface area contributed by atoms with E-state index in [-0.39, 0.29) is 46.6 Å². The molecule has 2 aliphatic carbocycles. The first-order valence-electron chi connectivity index (χ1n) is 13.6. The van der Waals surface area contributed by atoms with Crippen molar-refractivity contribution in [2.24, 2.45) is 23.2 Å². The number of aliphatic hydroxyl groups excluding tert-OH is 1. The van der Waals surface area contributed by atoms with Crippen LogP contribution in [-0.2, 0) is 16.0 Å². The third-order valence-electron chi connectivity index (χ3n) is 8.83. The molecule has 10 nitrogen and oxygen atoms in total. The molecule has 11 heteroatoms. The molecule has 0 spiro atoms. The molecule has 2 fully saturated rings. The fourth-order valence-electron chi connectivity index (χ4n) is 6.69. The Morgan fingerprint density at radius 3 is 2.84 bits per heavy atom. The van der Waals surface area contributed by atoms with Gasteiger partial charge in [0.25, 0.3) is 5.91 Å². The van der Waals surface area contributed by atoms with E-state index in [1.54, 1.807) is 0 Å². The van der Waals surface area contributed by atoms with Crippen LogP contribution in [0.2, 0.25) is 0 Å². The van der Waals surface area contributed by atoms with Gasteiger partial charge in [-0.25, -0.2) is 9.97 Å². The van der Waals surface area contributed by atoms with Crippen molar-refractivity contribution in [2.75, 3.05) is 44.7 Å². The molecule has 2 aromatic heterocycles. The Labute approximate surface area is 227 Å². The normalized spacial score (nSPS) is 30.1. The van der Waals surface area contributed by atoms with Gasteiger partial charge in [-0.05, 0) is 36.5 Å². The van der Waals surface area contributed by atoms with Gasteiger partial charge in [0.05, 0.1) is 31.2 Å². The molecule has 206 valence electrons. The standard InChI is InChI=1S/C27H38N6O4S/c1-16(24(35)30-8-9-33-10-12-37-13-11-33)18-4-5-27(3)14-20-22(17(2)21(27)23(18)34)31-26(38-20)32-25(36)19-15-28-6-7-29-19/h6-7,15-18,21,23,34H,4-5,8-14H2,1-3H3,(H,30,35)(H,31,32,36). The first-order valence-corrected chi connectivity index (χ1v) is 14.4. The zero-order valence-electron chi connectivity index (χ0n) is 22.4. The molecule has 0 aromatic carbocycles. The maximum atomic E-state index is 13.0. The molecule has 6 atom stereocenters. The van der Waals surface area contributed by atoms with Crippen molar-refractivity contribution >= 4 is 28.3 Å². The van der Waals surface area contributed by atoms with E-state index in [4.69, 9.17) is 9.72 Å². The molecule has 1 aliphatic heterocycles. The van der Waals surface area contributed by atoms with Gasteiger partial charge in [0.2, 0.25) is 5.91 Å². The third-order valence-corrected chi connectivity index (χ3v) is 9.81. The monoisotopic (exact) mass is 542 g/mol. The number of thiazole rings is 1. The molecule has 2 amide bonds. The lowest BCUT2D eigenvalue weighted by Crippen LogP contribution is -2.53. The van der Waals surface area contributed by atoms with Gasteiger partial charge in [0, 0.05) is 55.3 Å². The molecule has 3 heterocycles. The Morgan fingerprint density at radius 1 is 1.32 bits per heavy atom. The summed E-state index contributed by atoms with van der Waals surface area (Å²) in [6.07, 6.45) is 6.39. The quantitative estimate of drug-likeness (QED) is 0.486. The Bertz CT molecular complexity index is 1140. The SMILES string of the molecule is CC(C(=O)NCCN1CCOCC1)C1CCC2(C)Cc3sc(NC(=O)c4cnccn4)nc3C(C)C2C1O. The highest BCUT2D eigenvalue weighted by Crippen LogP contribution is 2.57. The summed E-state index contributed by atoms with van der Waals surface area (Å²) < 4.78 is 5.39. The van der Waals surface area contributed by atoms with Gasteiger partial charge in [-0.3, -0.25) is 24.8 Å². The largest absolute Gasteiger partial charge is 0.392 e. The summed E-state index contributed by atoms with van der Waals surface area (Å²) in [7, 11) is 0. The number of morpholine rings is 1. The molecule has 2 aromatic rings. The van der Waals surface area contributed by atoms with Crippen LogP contribution in [-0.4, -0.2) is 82.3 Å². The van der Waals surface area contributed by atoms with E-state index in [0.29, 0.717) is 11.7 Å². The van der Waals surface area contributed by atoms with Gasteiger partial charge in [0.1, 0.15) is 5.69 Å². The van der Waals surface area contributed by atoms with E-state index < -0.39 is 6.10 Å². The van der Waals surface area contributed by atoms with E-state index >= 15 is 0 Å². The van der Waals surface area contributed by atoms with Crippen molar-refractivity contribution in [3.63, 3.8) is 0 Å². The minimum Gasteiger partial charge on any atom is -0.392 e. The zero-order valence-corrected chi connectivity index (χ0v) is 23.2. The van der Waals surface area contributed by atoms with Gasteiger partial charge < -0.3 is 15.2 Å². The maximum absolute atomic E-state index is 13.0. The third kappa shape index (κ3) is 5.47. The summed E-state index contributed by atoms with van der Waals surface area (Å²) in [5.41, 5.74) is 1.09. The average Bonchev–Trinajstić information content (AvgIpc) is 3.31. The lowest BCUT2D eigenvalue weighted by atomic mass is 9.53. The second-order valence-corrected chi connectivity index (χ2v) is 12.3. The molecule has 1 saturated carbocycles. The van der Waals surface area contributed by atoms with E-state index in [1.807, 2.05) is 6.92 Å². The van der Waals surface area contributed by atoms with Crippen LogP contribution in [0.25, 0.3) is 0 Å². The molecule has 1 saturated heterocycles. The first-order chi connectivity index (χ1) is 18.3. The first kappa shape index (κ1) is 27.1. The maximum Gasteiger partial charge on any atom is 0.277 e. The van der Waals surface area contributed by atoms with Gasteiger partial charge >= 0.3 is 0 Å². The van der Waals surface area contributed by atoms with E-state index in [9.17, 15) is 14.7 Å². The fraction of sp³-hybridized carbons (Fsp3) is 0.667. The van der Waals surface area contributed by atoms with Gasteiger partial charge in [-0.1, -0.05) is 20.8 Å². The minimum absolute atomic E-state index is 0.0107. The number of hydrogen-bond donors (Lipinski definition) is 3. The number of rotatable bonds is 7. The second-order valence-electron chi connectivity index (χ2n) is 11.2. The zero-order chi connectivity index (χ0) is 26.9. The molecule has 0 bridgehead atoms. The van der Waals surface area contributed by atoms with Crippen LogP contribution < -0.4 is 10.6 Å². The molecule has 5 rings (SSSR count). The summed E-state index contributed by atoms with van der Waals surface area (Å²) in [4.78, 5) is 41.9. The molecular weight excluding hydrogens is 504 g/mol. The van der Waals surface area contributed by atoms with Crippen LogP contribution in [0.5, 0.6) is 0 Å². The fourth-order valence-corrected chi connectivity index (χ4v) is 7.95. The Kier molecular flexibility index (Phi) is 8.08. The van der Waals surface area contributed by atoms with Gasteiger partial charge in [-0.2, -0.15) is 0 Å². The number of nitrogens with one attached hydrogen (secondary N) is 2. The molecule has 6 unspecified atom stereocenters. The van der Waals surface area contributed by atoms with Crippen LogP contribution in [0.15, 0.2) is 18.6 Å². The van der Waals surface area contributed by atoms with E-state index in [0.717, 1.165) is 62.7 Å². The number of fused-ring (bicyclic) bond motifs is 2. The van der Waals surface area contributed by atoms with Crippen LogP contribution in [0.3, 0.4) is 0 Å². The summed E-state index contributed by atoms with van der Waals surface area (Å²) in [6.45, 7) is 11.0. The predicted molar refractivity (Wildman–Crippen MR) is 144 cm³/mol. The number of ether oxygens (including phenoxy) is 1. The Morgan fingerprint density at radius 2 is 2.11 bits per heavy atom. The highest BCUT2D eigenvalue weighted by molar-refractivity contribution is 7.15. The van der Waals surface area contributed by atoms with Crippen molar-refractivity contribution in [3.8, 4) is 0 Å². The van der Waals surface area contributed by atoms with Crippen LogP contribution in [0.4, 0.5) is 5.13 Å². The Balaban J connectivity index is 1.24. The van der Waals surface area contributed by atoms with Crippen LogP contribution in [0, 0.1) is 23.2 Å². The van der Waals surface area contributed by atoms with E-state index in [2.05, 4.69) is 39.3 Å². The highest BCUT2D eigenvalue weighted by Gasteiger charge is 2.53. The van der Waals surface area contributed by atoms with E-state index in [1.165, 1.54) is 29.9 Å². The lowest BCUT2D eigenvalue weighted by Gasteiger charge is -2.53. The average molecular weight is 543 g/mol. The number of nitrogens with zero attached hydrogens (tertiary/aromatic N) is 4. The summed E-state index contributed by atoms with van der Waals surface area (Å²) >= 11 is 1.50. The number of anilines is 1.